The van der Waals surface area contributed by atoms with Crippen molar-refractivity contribution in [3.8, 4) is 0 Å². The summed E-state index contributed by atoms with van der Waals surface area (Å²) in [6.07, 6.45) is 0. The van der Waals surface area contributed by atoms with E-state index in [0.29, 0.717) is 20.6 Å². The van der Waals surface area contributed by atoms with Crippen LogP contribution >= 0.6 is 58.0 Å². The molecule has 0 heterocycles. The maximum atomic E-state index is 12.4. The third-order valence-corrected chi connectivity index (χ3v) is 3.61. The first-order chi connectivity index (χ1) is 8.88. The van der Waals surface area contributed by atoms with Gasteiger partial charge in [0.15, 0.2) is 5.78 Å². The second-order valence-corrected chi connectivity index (χ2v) is 5.86. The second kappa shape index (κ2) is 5.90. The maximum Gasteiger partial charge on any atom is 0.196 e. The average molecular weight is 354 g/mol. The van der Waals surface area contributed by atoms with Crippen LogP contribution in [-0.2, 0) is 0 Å². The first-order valence-corrected chi connectivity index (χ1v) is 6.93. The Kier molecular flexibility index (Phi) is 4.65. The lowest BCUT2D eigenvalue weighted by molar-refractivity contribution is 0.103. The molecule has 98 valence electrons. The molecule has 0 bridgehead atoms. The molecule has 0 aliphatic carbocycles. The van der Waals surface area contributed by atoms with Gasteiger partial charge in [-0.2, -0.15) is 0 Å². The van der Waals surface area contributed by atoms with Gasteiger partial charge in [0.1, 0.15) is 0 Å². The monoisotopic (exact) mass is 352 g/mol. The van der Waals surface area contributed by atoms with E-state index in [4.69, 9.17) is 58.0 Å². The highest BCUT2D eigenvalue weighted by Gasteiger charge is 2.18. The van der Waals surface area contributed by atoms with Gasteiger partial charge in [0.2, 0.25) is 0 Å². The fourth-order valence-corrected chi connectivity index (χ4v) is 3.10. The van der Waals surface area contributed by atoms with Gasteiger partial charge in [0.05, 0.1) is 15.6 Å². The number of hydrogen-bond acceptors (Lipinski definition) is 1. The second-order valence-electron chi connectivity index (χ2n) is 3.73. The lowest BCUT2D eigenvalue weighted by Crippen LogP contribution is -2.03. The standard InChI is InChI=1S/C13H5Cl5O/c14-7-1-6(2-8(15)3-7)13(19)12-10(17)4-9(16)5-11(12)18/h1-5H. The Labute approximate surface area is 135 Å². The third-order valence-electron chi connectivity index (χ3n) is 2.36. The summed E-state index contributed by atoms with van der Waals surface area (Å²) in [7, 11) is 0. The van der Waals surface area contributed by atoms with E-state index in [1.54, 1.807) is 0 Å². The molecule has 0 aliphatic rings. The molecule has 2 aromatic rings. The third kappa shape index (κ3) is 3.36. The number of carbonyl (C=O) groups excluding carboxylic acids is 1. The largest absolute Gasteiger partial charge is 0.288 e. The van der Waals surface area contributed by atoms with Crippen molar-refractivity contribution in [3.63, 3.8) is 0 Å². The van der Waals surface area contributed by atoms with Crippen molar-refractivity contribution in [3.05, 3.63) is 66.6 Å². The highest BCUT2D eigenvalue weighted by Crippen LogP contribution is 2.32. The van der Waals surface area contributed by atoms with Gasteiger partial charge in [0.25, 0.3) is 0 Å². The first-order valence-electron chi connectivity index (χ1n) is 5.04. The summed E-state index contributed by atoms with van der Waals surface area (Å²) in [6, 6.07) is 7.43. The van der Waals surface area contributed by atoms with Crippen LogP contribution < -0.4 is 0 Å². The zero-order valence-corrected chi connectivity index (χ0v) is 13.0. The highest BCUT2D eigenvalue weighted by atomic mass is 35.5. The number of ketones is 1. The van der Waals surface area contributed by atoms with E-state index in [0.717, 1.165) is 0 Å². The van der Waals surface area contributed by atoms with Crippen LogP contribution in [0, 0.1) is 0 Å². The Morgan fingerprint density at radius 3 is 1.58 bits per heavy atom. The summed E-state index contributed by atoms with van der Waals surface area (Å²) in [5.41, 5.74) is 0.481. The van der Waals surface area contributed by atoms with Crippen LogP contribution in [0.15, 0.2) is 30.3 Å². The van der Waals surface area contributed by atoms with Crippen molar-refractivity contribution in [2.45, 2.75) is 0 Å². The molecule has 2 aromatic carbocycles. The van der Waals surface area contributed by atoms with Crippen molar-refractivity contribution < 1.29 is 4.79 Å². The molecule has 0 unspecified atom stereocenters. The molecular formula is C13H5Cl5O. The molecule has 0 fully saturated rings. The van der Waals surface area contributed by atoms with Gasteiger partial charge in [-0.1, -0.05) is 58.0 Å². The number of halogens is 5. The zero-order valence-electron chi connectivity index (χ0n) is 9.18. The highest BCUT2D eigenvalue weighted by molar-refractivity contribution is 6.43. The van der Waals surface area contributed by atoms with Gasteiger partial charge < -0.3 is 0 Å². The molecule has 0 saturated carbocycles. The normalized spacial score (nSPS) is 10.6. The number of rotatable bonds is 2. The molecule has 0 aromatic heterocycles. The first kappa shape index (κ1) is 15.0. The molecule has 2 rings (SSSR count). The fourth-order valence-electron chi connectivity index (χ4n) is 1.59. The molecule has 1 nitrogen and oxygen atoms in total. The summed E-state index contributed by atoms with van der Waals surface area (Å²) in [6.45, 7) is 0. The molecule has 0 radical (unpaired) electrons. The predicted molar refractivity (Wildman–Crippen MR) is 81.4 cm³/mol. The quantitative estimate of drug-likeness (QED) is 0.588. The Morgan fingerprint density at radius 1 is 0.684 bits per heavy atom. The summed E-state index contributed by atoms with van der Waals surface area (Å²) in [5, 5.41) is 1.43. The minimum absolute atomic E-state index is 0.172. The van der Waals surface area contributed by atoms with Crippen LogP contribution in [0.1, 0.15) is 15.9 Å². The lowest BCUT2D eigenvalue weighted by Gasteiger charge is -2.08. The summed E-state index contributed by atoms with van der Waals surface area (Å²) >= 11 is 29.5. The molecule has 0 aliphatic heterocycles. The number of carbonyl (C=O) groups is 1. The van der Waals surface area contributed by atoms with Crippen LogP contribution in [0.2, 0.25) is 25.1 Å². The Hall–Kier alpha value is -0.440. The van der Waals surface area contributed by atoms with Gasteiger partial charge in [-0.3, -0.25) is 4.79 Å². The Bertz CT molecular complexity index is 623. The van der Waals surface area contributed by atoms with E-state index >= 15 is 0 Å². The minimum Gasteiger partial charge on any atom is -0.288 e. The van der Waals surface area contributed by atoms with E-state index in [9.17, 15) is 4.79 Å². The molecule has 0 atom stereocenters. The zero-order chi connectivity index (χ0) is 14.2. The van der Waals surface area contributed by atoms with Crippen LogP contribution in [0.25, 0.3) is 0 Å². The summed E-state index contributed by atoms with van der Waals surface area (Å²) in [5.74, 6) is -0.365. The molecule has 0 spiro atoms. The maximum absolute atomic E-state index is 12.4. The topological polar surface area (TPSA) is 17.1 Å². The van der Waals surface area contributed by atoms with Crippen molar-refractivity contribution in [1.82, 2.24) is 0 Å². The predicted octanol–water partition coefficient (Wildman–Crippen LogP) is 6.18. The van der Waals surface area contributed by atoms with Gasteiger partial charge in [0, 0.05) is 20.6 Å². The molecule has 0 N–H and O–H groups in total. The van der Waals surface area contributed by atoms with Gasteiger partial charge in [-0.05, 0) is 30.3 Å². The van der Waals surface area contributed by atoms with E-state index in [2.05, 4.69) is 0 Å². The van der Waals surface area contributed by atoms with Crippen molar-refractivity contribution in [1.29, 1.82) is 0 Å². The van der Waals surface area contributed by atoms with Gasteiger partial charge >= 0.3 is 0 Å². The molecule has 6 heteroatoms. The summed E-state index contributed by atoms with van der Waals surface area (Å²) in [4.78, 5) is 12.4. The number of hydrogen-bond donors (Lipinski definition) is 0. The van der Waals surface area contributed by atoms with Crippen molar-refractivity contribution in [2.75, 3.05) is 0 Å². The molecule has 0 amide bonds. The average Bonchev–Trinajstić information content (AvgIpc) is 2.25. The SMILES string of the molecule is O=C(c1cc(Cl)cc(Cl)c1)c1c(Cl)cc(Cl)cc1Cl. The van der Waals surface area contributed by atoms with Gasteiger partial charge in [-0.25, -0.2) is 0 Å². The lowest BCUT2D eigenvalue weighted by atomic mass is 10.0. The van der Waals surface area contributed by atoms with Crippen molar-refractivity contribution >= 4 is 63.8 Å². The van der Waals surface area contributed by atoms with E-state index in [1.807, 2.05) is 0 Å². The van der Waals surface area contributed by atoms with E-state index < -0.39 is 0 Å². The van der Waals surface area contributed by atoms with Crippen LogP contribution in [0.3, 0.4) is 0 Å². The Morgan fingerprint density at radius 2 is 1.11 bits per heavy atom. The summed E-state index contributed by atoms with van der Waals surface area (Å²) < 4.78 is 0. The Balaban J connectivity index is 2.56. The molecule has 0 saturated heterocycles. The van der Waals surface area contributed by atoms with Crippen LogP contribution in [0.4, 0.5) is 0 Å². The number of benzene rings is 2. The molecular weight excluding hydrogens is 349 g/mol. The van der Waals surface area contributed by atoms with Crippen molar-refractivity contribution in [2.24, 2.45) is 0 Å². The van der Waals surface area contributed by atoms with Crippen LogP contribution in [-0.4, -0.2) is 5.78 Å². The smallest absolute Gasteiger partial charge is 0.196 e. The van der Waals surface area contributed by atoms with E-state index in [1.165, 1.54) is 30.3 Å². The van der Waals surface area contributed by atoms with Gasteiger partial charge in [-0.15, -0.1) is 0 Å². The minimum atomic E-state index is -0.365. The molecule has 19 heavy (non-hydrogen) atoms. The fraction of sp³-hybridized carbons (Fsp3) is 0. The van der Waals surface area contributed by atoms with Crippen LogP contribution in [0.5, 0.6) is 0 Å². The van der Waals surface area contributed by atoms with E-state index in [-0.39, 0.29) is 21.4 Å².